The van der Waals surface area contributed by atoms with Gasteiger partial charge in [0.2, 0.25) is 0 Å². The van der Waals surface area contributed by atoms with Gasteiger partial charge in [0.05, 0.1) is 7.11 Å². The number of rotatable bonds is 4. The van der Waals surface area contributed by atoms with Crippen LogP contribution in [0.25, 0.3) is 0 Å². The van der Waals surface area contributed by atoms with Crippen molar-refractivity contribution in [2.75, 3.05) is 7.11 Å². The van der Waals surface area contributed by atoms with Crippen LogP contribution < -0.4 is 4.74 Å². The summed E-state index contributed by atoms with van der Waals surface area (Å²) >= 11 is 0. The maximum atomic E-state index is 13.5. The van der Waals surface area contributed by atoms with E-state index in [4.69, 9.17) is 9.84 Å². The van der Waals surface area contributed by atoms with Crippen LogP contribution in [0.3, 0.4) is 0 Å². The van der Waals surface area contributed by atoms with E-state index < -0.39 is 17.6 Å². The SMILES string of the molecule is CCc1c(C(=O)C(=O)O)cc(F)c(C)c1OC. The lowest BCUT2D eigenvalue weighted by atomic mass is 9.97. The number of Topliss-reactive ketones (excluding diaryl/α,β-unsaturated/α-hetero) is 1. The summed E-state index contributed by atoms with van der Waals surface area (Å²) in [7, 11) is 1.36. The zero-order valence-corrected chi connectivity index (χ0v) is 9.83. The topological polar surface area (TPSA) is 63.6 Å². The summed E-state index contributed by atoms with van der Waals surface area (Å²) in [6, 6.07) is 0.952. The molecule has 5 heteroatoms. The van der Waals surface area contributed by atoms with Gasteiger partial charge < -0.3 is 9.84 Å². The molecule has 0 unspecified atom stereocenters. The fourth-order valence-electron chi connectivity index (χ4n) is 1.72. The predicted molar refractivity (Wildman–Crippen MR) is 59.0 cm³/mol. The lowest BCUT2D eigenvalue weighted by molar-refractivity contribution is -0.131. The number of benzene rings is 1. The molecule has 0 aliphatic rings. The van der Waals surface area contributed by atoms with Crippen molar-refractivity contribution in [1.29, 1.82) is 0 Å². The van der Waals surface area contributed by atoms with Gasteiger partial charge in [0.15, 0.2) is 0 Å². The van der Waals surface area contributed by atoms with E-state index in [1.807, 2.05) is 0 Å². The Kier molecular flexibility index (Phi) is 3.83. The molecule has 1 rings (SSSR count). The first kappa shape index (κ1) is 13.2. The Morgan fingerprint density at radius 1 is 1.47 bits per heavy atom. The predicted octanol–water partition coefficient (Wildman–Crippen LogP) is 1.97. The number of hydrogen-bond donors (Lipinski definition) is 1. The molecule has 0 atom stereocenters. The molecule has 1 aromatic carbocycles. The van der Waals surface area contributed by atoms with Crippen LogP contribution in [0, 0.1) is 12.7 Å². The van der Waals surface area contributed by atoms with Crippen LogP contribution >= 0.6 is 0 Å². The van der Waals surface area contributed by atoms with E-state index in [1.165, 1.54) is 14.0 Å². The first-order chi connectivity index (χ1) is 7.93. The Balaban J connectivity index is 3.55. The van der Waals surface area contributed by atoms with Crippen LogP contribution in [0.4, 0.5) is 4.39 Å². The summed E-state index contributed by atoms with van der Waals surface area (Å²) in [4.78, 5) is 22.1. The van der Waals surface area contributed by atoms with Gasteiger partial charge in [0.1, 0.15) is 11.6 Å². The molecule has 0 radical (unpaired) electrons. The van der Waals surface area contributed by atoms with Gasteiger partial charge in [-0.3, -0.25) is 4.79 Å². The highest BCUT2D eigenvalue weighted by Gasteiger charge is 2.23. The molecule has 17 heavy (non-hydrogen) atoms. The number of carbonyl (C=O) groups is 2. The highest BCUT2D eigenvalue weighted by Crippen LogP contribution is 2.30. The molecule has 0 saturated heterocycles. The van der Waals surface area contributed by atoms with Crippen LogP contribution in [-0.4, -0.2) is 24.0 Å². The van der Waals surface area contributed by atoms with Crippen molar-refractivity contribution >= 4 is 11.8 Å². The van der Waals surface area contributed by atoms with Crippen molar-refractivity contribution in [3.63, 3.8) is 0 Å². The quantitative estimate of drug-likeness (QED) is 0.645. The van der Waals surface area contributed by atoms with Crippen molar-refractivity contribution in [1.82, 2.24) is 0 Å². The number of ether oxygens (including phenoxy) is 1. The van der Waals surface area contributed by atoms with E-state index in [9.17, 15) is 14.0 Å². The molecular weight excluding hydrogens is 227 g/mol. The molecule has 0 spiro atoms. The summed E-state index contributed by atoms with van der Waals surface area (Å²) in [5.41, 5.74) is 0.532. The highest BCUT2D eigenvalue weighted by molar-refractivity contribution is 6.40. The van der Waals surface area contributed by atoms with Crippen molar-refractivity contribution < 1.29 is 23.8 Å². The average molecular weight is 240 g/mol. The molecule has 0 saturated carbocycles. The first-order valence-corrected chi connectivity index (χ1v) is 5.07. The molecule has 0 amide bonds. The summed E-state index contributed by atoms with van der Waals surface area (Å²) in [5.74, 6) is -3.15. The van der Waals surface area contributed by atoms with Gasteiger partial charge in [-0.25, -0.2) is 9.18 Å². The van der Waals surface area contributed by atoms with Crippen LogP contribution in [0.2, 0.25) is 0 Å². The van der Waals surface area contributed by atoms with E-state index in [2.05, 4.69) is 0 Å². The summed E-state index contributed by atoms with van der Waals surface area (Å²) in [5, 5.41) is 8.67. The number of halogens is 1. The number of methoxy groups -OCH3 is 1. The molecule has 1 aromatic rings. The minimum absolute atomic E-state index is 0.153. The van der Waals surface area contributed by atoms with E-state index in [1.54, 1.807) is 6.92 Å². The third kappa shape index (κ3) is 2.27. The van der Waals surface area contributed by atoms with Gasteiger partial charge in [-0.1, -0.05) is 6.92 Å². The minimum Gasteiger partial charge on any atom is -0.496 e. The van der Waals surface area contributed by atoms with Crippen molar-refractivity contribution in [2.24, 2.45) is 0 Å². The Labute approximate surface area is 98.0 Å². The monoisotopic (exact) mass is 240 g/mol. The van der Waals surface area contributed by atoms with Gasteiger partial charge in [-0.05, 0) is 19.4 Å². The van der Waals surface area contributed by atoms with Crippen LogP contribution in [0.1, 0.15) is 28.4 Å². The van der Waals surface area contributed by atoms with Gasteiger partial charge >= 0.3 is 5.97 Å². The van der Waals surface area contributed by atoms with E-state index in [0.717, 1.165) is 6.07 Å². The minimum atomic E-state index is -1.61. The number of carbonyl (C=O) groups excluding carboxylic acids is 1. The number of hydrogen-bond acceptors (Lipinski definition) is 3. The molecule has 0 bridgehead atoms. The van der Waals surface area contributed by atoms with Crippen molar-refractivity contribution in [3.8, 4) is 5.75 Å². The maximum absolute atomic E-state index is 13.5. The third-order valence-corrected chi connectivity index (χ3v) is 2.57. The molecule has 0 aromatic heterocycles. The second kappa shape index (κ2) is 4.95. The van der Waals surface area contributed by atoms with E-state index >= 15 is 0 Å². The molecule has 0 heterocycles. The van der Waals surface area contributed by atoms with Gasteiger partial charge in [0, 0.05) is 16.7 Å². The second-order valence-electron chi connectivity index (χ2n) is 3.53. The smallest absolute Gasteiger partial charge is 0.377 e. The van der Waals surface area contributed by atoms with Gasteiger partial charge in [-0.15, -0.1) is 0 Å². The third-order valence-electron chi connectivity index (χ3n) is 2.57. The van der Waals surface area contributed by atoms with Gasteiger partial charge in [0.25, 0.3) is 5.78 Å². The summed E-state index contributed by atoms with van der Waals surface area (Å²) in [6.45, 7) is 3.26. The largest absolute Gasteiger partial charge is 0.496 e. The fourth-order valence-corrected chi connectivity index (χ4v) is 1.72. The van der Waals surface area contributed by atoms with Crippen molar-refractivity contribution in [2.45, 2.75) is 20.3 Å². The molecule has 92 valence electrons. The highest BCUT2D eigenvalue weighted by atomic mass is 19.1. The number of ketones is 1. The second-order valence-corrected chi connectivity index (χ2v) is 3.53. The summed E-state index contributed by atoms with van der Waals surface area (Å²) < 4.78 is 18.6. The number of aliphatic carboxylic acids is 1. The molecule has 0 aliphatic carbocycles. The molecular formula is C12H13FO4. The Morgan fingerprint density at radius 3 is 2.47 bits per heavy atom. The average Bonchev–Trinajstić information content (AvgIpc) is 2.30. The zero-order valence-electron chi connectivity index (χ0n) is 9.83. The number of carboxylic acid groups (broad SMARTS) is 1. The van der Waals surface area contributed by atoms with Crippen LogP contribution in [0.5, 0.6) is 5.75 Å². The Morgan fingerprint density at radius 2 is 2.06 bits per heavy atom. The van der Waals surface area contributed by atoms with Gasteiger partial charge in [-0.2, -0.15) is 0 Å². The lowest BCUT2D eigenvalue weighted by Crippen LogP contribution is -2.16. The molecule has 0 aliphatic heterocycles. The zero-order chi connectivity index (χ0) is 13.2. The normalized spacial score (nSPS) is 10.1. The van der Waals surface area contributed by atoms with Crippen LogP contribution in [-0.2, 0) is 11.2 Å². The van der Waals surface area contributed by atoms with Crippen LogP contribution in [0.15, 0.2) is 6.07 Å². The Bertz CT molecular complexity index is 480. The van der Waals surface area contributed by atoms with Crippen molar-refractivity contribution in [3.05, 3.63) is 28.6 Å². The standard InChI is InChI=1S/C12H13FO4/c1-4-7-8(10(14)12(15)16)5-9(13)6(2)11(7)17-3/h5H,4H2,1-3H3,(H,15,16). The Hall–Kier alpha value is -1.91. The van der Waals surface area contributed by atoms with E-state index in [-0.39, 0.29) is 16.9 Å². The van der Waals surface area contributed by atoms with E-state index in [0.29, 0.717) is 12.0 Å². The molecule has 4 nitrogen and oxygen atoms in total. The summed E-state index contributed by atoms with van der Waals surface area (Å²) in [6.07, 6.45) is 0.388. The lowest BCUT2D eigenvalue weighted by Gasteiger charge is -2.14. The number of carboxylic acids is 1. The molecule has 1 N–H and O–H groups in total. The fraction of sp³-hybridized carbons (Fsp3) is 0.333. The first-order valence-electron chi connectivity index (χ1n) is 5.07. The maximum Gasteiger partial charge on any atom is 0.377 e. The molecule has 0 fully saturated rings.